The summed E-state index contributed by atoms with van der Waals surface area (Å²) in [5.74, 6) is -1.33. The summed E-state index contributed by atoms with van der Waals surface area (Å²) in [4.78, 5) is 24.2. The molecule has 2 aromatic heterocycles. The third-order valence-electron chi connectivity index (χ3n) is 3.33. The van der Waals surface area contributed by atoms with Crippen molar-refractivity contribution in [1.82, 2.24) is 4.40 Å². The van der Waals surface area contributed by atoms with E-state index in [0.29, 0.717) is 10.3 Å². The van der Waals surface area contributed by atoms with Gasteiger partial charge in [-0.1, -0.05) is 11.6 Å². The Kier molecular flexibility index (Phi) is 3.64. The highest BCUT2D eigenvalue weighted by atomic mass is 35.5. The number of aromatic carboxylic acids is 1. The first kappa shape index (κ1) is 15.0. The van der Waals surface area contributed by atoms with Gasteiger partial charge in [0.1, 0.15) is 10.4 Å². The molecule has 1 aromatic carbocycles. The van der Waals surface area contributed by atoms with Crippen LogP contribution in [0.25, 0.3) is 15.7 Å². The van der Waals surface area contributed by atoms with E-state index in [-0.39, 0.29) is 21.5 Å². The van der Waals surface area contributed by atoms with Crippen molar-refractivity contribution in [2.75, 3.05) is 7.11 Å². The summed E-state index contributed by atoms with van der Waals surface area (Å²) >= 11 is 7.18. The summed E-state index contributed by atoms with van der Waals surface area (Å²) < 4.78 is 19.9. The molecule has 0 aliphatic rings. The zero-order valence-electron chi connectivity index (χ0n) is 11.2. The maximum absolute atomic E-state index is 13.8. The monoisotopic (exact) mass is 341 g/mol. The molecule has 5 nitrogen and oxygen atoms in total. The highest BCUT2D eigenvalue weighted by Crippen LogP contribution is 2.31. The van der Waals surface area contributed by atoms with Crippen LogP contribution in [0.1, 0.15) is 22.3 Å². The zero-order valence-corrected chi connectivity index (χ0v) is 12.7. The Morgan fingerprint density at radius 2 is 2.23 bits per heavy atom. The first-order valence-electron chi connectivity index (χ1n) is 6.10. The molecule has 0 saturated heterocycles. The van der Waals surface area contributed by atoms with Gasteiger partial charge in [-0.2, -0.15) is 0 Å². The Bertz CT molecular complexity index is 965. The number of nitrogens with zero attached hydrogens (tertiary/aromatic N) is 1. The Morgan fingerprint density at radius 3 is 2.86 bits per heavy atom. The second kappa shape index (κ2) is 5.35. The van der Waals surface area contributed by atoms with Crippen LogP contribution in [-0.4, -0.2) is 22.6 Å². The topological polar surface area (TPSA) is 68.0 Å². The maximum Gasteiger partial charge on any atom is 0.342 e. The molecule has 2 heterocycles. The summed E-state index contributed by atoms with van der Waals surface area (Å²) in [5, 5.41) is 11.1. The van der Waals surface area contributed by atoms with Gasteiger partial charge in [-0.15, -0.1) is 11.3 Å². The van der Waals surface area contributed by atoms with Gasteiger partial charge in [-0.05, 0) is 12.1 Å². The lowest BCUT2D eigenvalue weighted by atomic mass is 10.1. The van der Waals surface area contributed by atoms with Gasteiger partial charge >= 0.3 is 5.97 Å². The number of rotatable bonds is 3. The van der Waals surface area contributed by atoms with Crippen molar-refractivity contribution in [3.8, 4) is 0 Å². The van der Waals surface area contributed by atoms with E-state index in [1.165, 1.54) is 19.2 Å². The third kappa shape index (κ3) is 2.09. The van der Waals surface area contributed by atoms with Gasteiger partial charge in [-0.25, -0.2) is 9.18 Å². The zero-order chi connectivity index (χ0) is 16.0. The van der Waals surface area contributed by atoms with Crippen LogP contribution in [0, 0.1) is 0 Å². The first-order chi connectivity index (χ1) is 10.5. The third-order valence-corrected chi connectivity index (χ3v) is 4.54. The predicted octanol–water partition coefficient (Wildman–Crippen LogP) is 3.48. The molecule has 0 bridgehead atoms. The van der Waals surface area contributed by atoms with E-state index in [1.54, 1.807) is 16.0 Å². The molecule has 0 aliphatic carbocycles. The number of carbonyl (C=O) groups is 1. The molecular formula is C14H9ClFNO4S. The van der Waals surface area contributed by atoms with Crippen molar-refractivity contribution >= 4 is 44.6 Å². The summed E-state index contributed by atoms with van der Waals surface area (Å²) in [6, 6.07) is 2.68. The van der Waals surface area contributed by atoms with Gasteiger partial charge in [0.05, 0.1) is 10.5 Å². The molecular weight excluding hydrogens is 333 g/mol. The summed E-state index contributed by atoms with van der Waals surface area (Å²) in [6.45, 7) is 0. The number of methoxy groups -OCH3 is 1. The lowest BCUT2D eigenvalue weighted by Gasteiger charge is -2.11. The lowest BCUT2D eigenvalue weighted by molar-refractivity contribution is -0.00643. The van der Waals surface area contributed by atoms with Crippen molar-refractivity contribution in [3.63, 3.8) is 0 Å². The van der Waals surface area contributed by atoms with Crippen molar-refractivity contribution in [2.24, 2.45) is 0 Å². The van der Waals surface area contributed by atoms with E-state index >= 15 is 0 Å². The Hall–Kier alpha value is -1.96. The quantitative estimate of drug-likeness (QED) is 0.792. The normalized spacial score (nSPS) is 12.9. The molecule has 1 N–H and O–H groups in total. The molecule has 0 aliphatic heterocycles. The number of ether oxygens (including phenoxy) is 1. The Balaban J connectivity index is 2.52. The molecule has 3 aromatic rings. The van der Waals surface area contributed by atoms with Crippen molar-refractivity contribution in [1.29, 1.82) is 0 Å². The van der Waals surface area contributed by atoms with Crippen molar-refractivity contribution < 1.29 is 19.0 Å². The fraction of sp³-hybridized carbons (Fsp3) is 0.143. The van der Waals surface area contributed by atoms with Gasteiger partial charge in [-0.3, -0.25) is 4.79 Å². The van der Waals surface area contributed by atoms with Crippen LogP contribution < -0.4 is 5.43 Å². The molecule has 1 unspecified atom stereocenters. The number of halogens is 2. The molecule has 0 radical (unpaired) electrons. The number of pyridine rings is 1. The van der Waals surface area contributed by atoms with Crippen molar-refractivity contribution in [3.05, 3.63) is 50.1 Å². The highest BCUT2D eigenvalue weighted by Gasteiger charge is 2.22. The van der Waals surface area contributed by atoms with Crippen LogP contribution in [0.3, 0.4) is 0 Å². The predicted molar refractivity (Wildman–Crippen MR) is 81.9 cm³/mol. The molecule has 3 rings (SSSR count). The van der Waals surface area contributed by atoms with Crippen LogP contribution in [0.2, 0.25) is 5.02 Å². The van der Waals surface area contributed by atoms with E-state index in [9.17, 15) is 19.1 Å². The number of thiazole rings is 1. The van der Waals surface area contributed by atoms with E-state index in [1.807, 2.05) is 0 Å². The number of fused-ring (bicyclic) bond motifs is 3. The van der Waals surface area contributed by atoms with Crippen LogP contribution in [-0.2, 0) is 4.74 Å². The summed E-state index contributed by atoms with van der Waals surface area (Å²) in [7, 11) is 1.17. The number of benzene rings is 1. The molecule has 0 fully saturated rings. The van der Waals surface area contributed by atoms with E-state index < -0.39 is 17.8 Å². The average Bonchev–Trinajstić information content (AvgIpc) is 2.95. The average molecular weight is 342 g/mol. The minimum atomic E-state index is -1.80. The number of carboxylic acid groups (broad SMARTS) is 1. The number of hydrogen-bond donors (Lipinski definition) is 1. The van der Waals surface area contributed by atoms with E-state index in [2.05, 4.69) is 4.74 Å². The molecule has 0 spiro atoms. The summed E-state index contributed by atoms with van der Waals surface area (Å²) in [5.41, 5.74) is -0.613. The van der Waals surface area contributed by atoms with Gasteiger partial charge in [0.2, 0.25) is 11.8 Å². The number of hydrogen-bond acceptors (Lipinski definition) is 4. The Morgan fingerprint density at radius 1 is 1.50 bits per heavy atom. The molecule has 0 amide bonds. The second-order valence-electron chi connectivity index (χ2n) is 4.53. The van der Waals surface area contributed by atoms with Gasteiger partial charge in [0, 0.05) is 29.6 Å². The first-order valence-corrected chi connectivity index (χ1v) is 7.36. The Labute approximate surface area is 132 Å². The molecule has 22 heavy (non-hydrogen) atoms. The number of alkyl halides is 1. The highest BCUT2D eigenvalue weighted by molar-refractivity contribution is 7.16. The second-order valence-corrected chi connectivity index (χ2v) is 5.83. The fourth-order valence-corrected chi connectivity index (χ4v) is 3.46. The standard InChI is InChI=1S/C14H9ClFNO4S/c1-21-12(16)6-4-7-9(5-8(6)15)17-2-3-22-13(17)10(11(7)18)14(19)20/h2-5,12H,1H3,(H,19,20). The number of carboxylic acids is 1. The SMILES string of the molecule is COC(F)c1cc2c(=O)c(C(=O)O)c3sccn3c2cc1Cl. The van der Waals surface area contributed by atoms with Crippen LogP contribution in [0.5, 0.6) is 0 Å². The smallest absolute Gasteiger partial charge is 0.342 e. The largest absolute Gasteiger partial charge is 0.477 e. The lowest BCUT2D eigenvalue weighted by Crippen LogP contribution is -2.17. The fourth-order valence-electron chi connectivity index (χ4n) is 2.33. The number of aromatic nitrogens is 1. The van der Waals surface area contributed by atoms with Gasteiger partial charge in [0.25, 0.3) is 0 Å². The van der Waals surface area contributed by atoms with Crippen LogP contribution in [0.4, 0.5) is 4.39 Å². The molecule has 1 atom stereocenters. The maximum atomic E-state index is 13.8. The minimum absolute atomic E-state index is 0.0136. The summed E-state index contributed by atoms with van der Waals surface area (Å²) in [6.07, 6.45) is -0.166. The van der Waals surface area contributed by atoms with Gasteiger partial charge < -0.3 is 14.2 Å². The van der Waals surface area contributed by atoms with Crippen LogP contribution >= 0.6 is 22.9 Å². The molecule has 0 saturated carbocycles. The van der Waals surface area contributed by atoms with Crippen LogP contribution in [0.15, 0.2) is 28.5 Å². The molecule has 114 valence electrons. The van der Waals surface area contributed by atoms with Gasteiger partial charge in [0.15, 0.2) is 0 Å². The van der Waals surface area contributed by atoms with E-state index in [4.69, 9.17) is 11.6 Å². The minimum Gasteiger partial charge on any atom is -0.477 e. The van der Waals surface area contributed by atoms with E-state index in [0.717, 1.165) is 11.3 Å². The molecule has 8 heteroatoms. The van der Waals surface area contributed by atoms with Crippen molar-refractivity contribution in [2.45, 2.75) is 6.36 Å².